The van der Waals surface area contributed by atoms with Gasteiger partial charge in [-0.05, 0) is 68.3 Å². The summed E-state index contributed by atoms with van der Waals surface area (Å²) >= 11 is 0. The summed E-state index contributed by atoms with van der Waals surface area (Å²) in [5, 5.41) is 9.82. The minimum atomic E-state index is -3.70. The summed E-state index contributed by atoms with van der Waals surface area (Å²) < 4.78 is 48.8. The number of fused-ring (bicyclic) bond motifs is 1. The van der Waals surface area contributed by atoms with Crippen LogP contribution < -0.4 is 4.74 Å². The fourth-order valence-electron chi connectivity index (χ4n) is 4.21. The summed E-state index contributed by atoms with van der Waals surface area (Å²) in [6.07, 6.45) is 2.26. The molecule has 1 aliphatic rings. The maximum absolute atomic E-state index is 13.9. The molecular weight excluding hydrogens is 435 g/mol. The van der Waals surface area contributed by atoms with Crippen molar-refractivity contribution in [2.75, 3.05) is 13.1 Å². The SMILES string of the molecule is CC(C)Oc1ccc(S(=O)(=O)N2CCC(c3cn(CC(=O)O)c4ccc(F)cc34)C2)cc1. The molecule has 1 aliphatic heterocycles. The van der Waals surface area contributed by atoms with Crippen LogP contribution in [-0.2, 0) is 21.4 Å². The Kier molecular flexibility index (Phi) is 5.96. The first-order valence-corrected chi connectivity index (χ1v) is 11.9. The van der Waals surface area contributed by atoms with Crippen LogP contribution in [0.5, 0.6) is 5.75 Å². The molecule has 1 saturated heterocycles. The van der Waals surface area contributed by atoms with Gasteiger partial charge in [0.1, 0.15) is 18.1 Å². The molecule has 2 heterocycles. The van der Waals surface area contributed by atoms with Crippen LogP contribution in [-0.4, -0.2) is 47.6 Å². The van der Waals surface area contributed by atoms with Gasteiger partial charge in [-0.25, -0.2) is 12.8 Å². The van der Waals surface area contributed by atoms with E-state index in [0.717, 1.165) is 5.56 Å². The molecule has 1 atom stereocenters. The number of sulfonamides is 1. The van der Waals surface area contributed by atoms with E-state index in [1.807, 2.05) is 13.8 Å². The second-order valence-corrected chi connectivity index (χ2v) is 10.2. The molecule has 4 rings (SSSR count). The number of aliphatic carboxylic acids is 1. The van der Waals surface area contributed by atoms with Crippen LogP contribution in [0.15, 0.2) is 53.6 Å². The molecule has 0 radical (unpaired) electrons. The molecular formula is C23H25FN2O5S. The number of aromatic nitrogens is 1. The van der Waals surface area contributed by atoms with Gasteiger partial charge in [-0.2, -0.15) is 4.31 Å². The number of hydrogen-bond donors (Lipinski definition) is 1. The average Bonchev–Trinajstić information content (AvgIpc) is 3.33. The number of carboxylic acid groups (broad SMARTS) is 1. The third-order valence-corrected chi connectivity index (χ3v) is 7.48. The molecule has 1 unspecified atom stereocenters. The van der Waals surface area contributed by atoms with Crippen LogP contribution in [0.25, 0.3) is 10.9 Å². The highest BCUT2D eigenvalue weighted by molar-refractivity contribution is 7.89. The zero-order valence-corrected chi connectivity index (χ0v) is 18.7. The van der Waals surface area contributed by atoms with Gasteiger partial charge in [0.25, 0.3) is 0 Å². The average molecular weight is 461 g/mol. The molecule has 0 spiro atoms. The quantitative estimate of drug-likeness (QED) is 0.579. The van der Waals surface area contributed by atoms with E-state index in [4.69, 9.17) is 4.74 Å². The molecule has 2 aromatic carbocycles. The van der Waals surface area contributed by atoms with Crippen LogP contribution in [0.4, 0.5) is 4.39 Å². The number of carbonyl (C=O) groups is 1. The largest absolute Gasteiger partial charge is 0.491 e. The Morgan fingerprint density at radius 2 is 1.94 bits per heavy atom. The fraction of sp³-hybridized carbons (Fsp3) is 0.348. The standard InChI is InChI=1S/C23H25FN2O5S/c1-15(2)31-18-4-6-19(7-5-18)32(29,30)26-10-9-16(12-26)21-13-25(14-23(27)28)22-8-3-17(24)11-20(21)22/h3-8,11,13,15-16H,9-10,12,14H2,1-2H3,(H,27,28). The molecule has 0 amide bonds. The van der Waals surface area contributed by atoms with Crippen molar-refractivity contribution in [3.63, 3.8) is 0 Å². The Hall–Kier alpha value is -2.91. The molecule has 170 valence electrons. The number of carboxylic acids is 1. The Balaban J connectivity index is 1.60. The minimum Gasteiger partial charge on any atom is -0.491 e. The lowest BCUT2D eigenvalue weighted by molar-refractivity contribution is -0.137. The Morgan fingerprint density at radius 3 is 2.59 bits per heavy atom. The van der Waals surface area contributed by atoms with E-state index < -0.39 is 21.8 Å². The van der Waals surface area contributed by atoms with Gasteiger partial charge >= 0.3 is 5.97 Å². The normalized spacial score (nSPS) is 17.3. The maximum atomic E-state index is 13.9. The van der Waals surface area contributed by atoms with Crippen LogP contribution in [0.3, 0.4) is 0 Å². The highest BCUT2D eigenvalue weighted by Gasteiger charge is 2.34. The van der Waals surface area contributed by atoms with Crippen LogP contribution >= 0.6 is 0 Å². The van der Waals surface area contributed by atoms with Crippen molar-refractivity contribution >= 4 is 26.9 Å². The first-order valence-electron chi connectivity index (χ1n) is 10.4. The molecule has 9 heteroatoms. The molecule has 3 aromatic rings. The van der Waals surface area contributed by atoms with Crippen LogP contribution in [0, 0.1) is 5.82 Å². The highest BCUT2D eigenvalue weighted by atomic mass is 32.2. The summed E-state index contributed by atoms with van der Waals surface area (Å²) in [5.41, 5.74) is 1.38. The van der Waals surface area contributed by atoms with E-state index in [0.29, 0.717) is 29.6 Å². The summed E-state index contributed by atoms with van der Waals surface area (Å²) in [6.45, 7) is 4.12. The van der Waals surface area contributed by atoms with Gasteiger partial charge in [-0.1, -0.05) is 0 Å². The van der Waals surface area contributed by atoms with Crippen molar-refractivity contribution in [1.82, 2.24) is 8.87 Å². The zero-order chi connectivity index (χ0) is 23.0. The Morgan fingerprint density at radius 1 is 1.22 bits per heavy atom. The van der Waals surface area contributed by atoms with E-state index in [1.165, 1.54) is 28.6 Å². The Labute approximate surface area is 186 Å². The predicted octanol–water partition coefficient (Wildman–Crippen LogP) is 3.83. The van der Waals surface area contributed by atoms with E-state index >= 15 is 0 Å². The van der Waals surface area contributed by atoms with Crippen molar-refractivity contribution in [3.8, 4) is 5.75 Å². The molecule has 7 nitrogen and oxygen atoms in total. The van der Waals surface area contributed by atoms with Gasteiger partial charge in [0.15, 0.2) is 0 Å². The van der Waals surface area contributed by atoms with Gasteiger partial charge in [-0.3, -0.25) is 4.79 Å². The topological polar surface area (TPSA) is 88.8 Å². The van der Waals surface area contributed by atoms with Crippen molar-refractivity contribution in [3.05, 3.63) is 60.0 Å². The van der Waals surface area contributed by atoms with E-state index in [2.05, 4.69) is 0 Å². The summed E-state index contributed by atoms with van der Waals surface area (Å²) in [5.74, 6) is -0.976. The lowest BCUT2D eigenvalue weighted by Gasteiger charge is -2.17. The lowest BCUT2D eigenvalue weighted by Crippen LogP contribution is -2.28. The molecule has 1 aromatic heterocycles. The van der Waals surface area contributed by atoms with Crippen molar-refractivity contribution in [2.24, 2.45) is 0 Å². The maximum Gasteiger partial charge on any atom is 0.323 e. The molecule has 1 fully saturated rings. The second-order valence-electron chi connectivity index (χ2n) is 8.25. The third-order valence-electron chi connectivity index (χ3n) is 5.60. The molecule has 1 N–H and O–H groups in total. The highest BCUT2D eigenvalue weighted by Crippen LogP contribution is 2.36. The van der Waals surface area contributed by atoms with Crippen molar-refractivity contribution in [1.29, 1.82) is 0 Å². The Bertz CT molecular complexity index is 1250. The number of rotatable bonds is 7. The third kappa shape index (κ3) is 4.35. The van der Waals surface area contributed by atoms with Crippen LogP contribution in [0.1, 0.15) is 31.7 Å². The number of benzene rings is 2. The van der Waals surface area contributed by atoms with Crippen molar-refractivity contribution in [2.45, 2.75) is 43.7 Å². The minimum absolute atomic E-state index is 0.00936. The second kappa shape index (κ2) is 8.55. The number of ether oxygens (including phenoxy) is 1. The molecule has 0 saturated carbocycles. The van der Waals surface area contributed by atoms with E-state index in [9.17, 15) is 22.7 Å². The van der Waals surface area contributed by atoms with Gasteiger partial charge in [0, 0.05) is 36.1 Å². The smallest absolute Gasteiger partial charge is 0.323 e. The van der Waals surface area contributed by atoms with Gasteiger partial charge < -0.3 is 14.4 Å². The monoisotopic (exact) mass is 460 g/mol. The lowest BCUT2D eigenvalue weighted by atomic mass is 9.98. The predicted molar refractivity (Wildman–Crippen MR) is 118 cm³/mol. The number of nitrogens with zero attached hydrogens (tertiary/aromatic N) is 2. The van der Waals surface area contributed by atoms with Crippen LogP contribution in [0.2, 0.25) is 0 Å². The number of hydrogen-bond acceptors (Lipinski definition) is 4. The van der Waals surface area contributed by atoms with Crippen molar-refractivity contribution < 1.29 is 27.4 Å². The summed E-state index contributed by atoms with van der Waals surface area (Å²) in [7, 11) is -3.70. The van der Waals surface area contributed by atoms with E-state index in [1.54, 1.807) is 29.0 Å². The molecule has 0 bridgehead atoms. The summed E-state index contributed by atoms with van der Waals surface area (Å²) in [4.78, 5) is 11.4. The van der Waals surface area contributed by atoms with Gasteiger partial charge in [0.05, 0.1) is 11.0 Å². The summed E-state index contributed by atoms with van der Waals surface area (Å²) in [6, 6.07) is 10.6. The van der Waals surface area contributed by atoms with E-state index in [-0.39, 0.29) is 30.0 Å². The van der Waals surface area contributed by atoms with Gasteiger partial charge in [-0.15, -0.1) is 0 Å². The zero-order valence-electron chi connectivity index (χ0n) is 17.9. The fourth-order valence-corrected chi connectivity index (χ4v) is 5.71. The first kappa shape index (κ1) is 22.3. The molecule has 0 aliphatic carbocycles. The number of halogens is 1. The van der Waals surface area contributed by atoms with Gasteiger partial charge in [0.2, 0.25) is 10.0 Å². The first-order chi connectivity index (χ1) is 15.1. The molecule has 32 heavy (non-hydrogen) atoms.